The van der Waals surface area contributed by atoms with Gasteiger partial charge in [-0.05, 0) is 41.1 Å². The van der Waals surface area contributed by atoms with Gasteiger partial charge in [0.15, 0.2) is 0 Å². The van der Waals surface area contributed by atoms with E-state index in [0.717, 1.165) is 11.4 Å². The quantitative estimate of drug-likeness (QED) is 0.691. The Hall–Kier alpha value is -2.02. The first-order valence-corrected chi connectivity index (χ1v) is 6.32. The molecule has 19 heavy (non-hydrogen) atoms. The average molecular weight is 323 g/mol. The molecule has 0 aliphatic heterocycles. The number of halogens is 1. The number of nitro groups is 1. The van der Waals surface area contributed by atoms with E-state index in [0.29, 0.717) is 16.8 Å². The van der Waals surface area contributed by atoms with Gasteiger partial charge in [0.05, 0.1) is 21.6 Å². The second-order valence-electron chi connectivity index (χ2n) is 3.87. The van der Waals surface area contributed by atoms with Gasteiger partial charge in [0.2, 0.25) is 0 Å². The molecule has 0 spiro atoms. The van der Waals surface area contributed by atoms with Gasteiger partial charge in [0.1, 0.15) is 5.82 Å². The van der Waals surface area contributed by atoms with E-state index >= 15 is 0 Å². The van der Waals surface area contributed by atoms with Crippen LogP contribution >= 0.6 is 15.9 Å². The normalized spacial score (nSPS) is 10.2. The first kappa shape index (κ1) is 13.4. The summed E-state index contributed by atoms with van der Waals surface area (Å²) >= 11 is 3.18. The molecule has 0 aliphatic rings. The number of aryl methyl sites for hydroxylation is 1. The standard InChI is InChI=1S/C12H11BrN4O2/c1-8-14-5-4-10(16-8)7-15-9-2-3-12(17(18)19)11(13)6-9/h2-6,15H,7H2,1H3. The van der Waals surface area contributed by atoms with Crippen molar-refractivity contribution in [3.8, 4) is 0 Å². The summed E-state index contributed by atoms with van der Waals surface area (Å²) in [7, 11) is 0. The highest BCUT2D eigenvalue weighted by atomic mass is 79.9. The lowest BCUT2D eigenvalue weighted by atomic mass is 10.2. The Morgan fingerprint density at radius 3 is 2.84 bits per heavy atom. The Kier molecular flexibility index (Phi) is 4.06. The van der Waals surface area contributed by atoms with E-state index in [4.69, 9.17) is 0 Å². The van der Waals surface area contributed by atoms with Crippen molar-refractivity contribution in [3.63, 3.8) is 0 Å². The molecule has 0 bridgehead atoms. The highest BCUT2D eigenvalue weighted by Gasteiger charge is 2.11. The third-order valence-electron chi connectivity index (χ3n) is 2.45. The molecule has 2 aromatic rings. The van der Waals surface area contributed by atoms with E-state index in [9.17, 15) is 10.1 Å². The van der Waals surface area contributed by atoms with Crippen molar-refractivity contribution in [2.45, 2.75) is 13.5 Å². The van der Waals surface area contributed by atoms with Crippen LogP contribution in [0.4, 0.5) is 11.4 Å². The van der Waals surface area contributed by atoms with Crippen LogP contribution in [0.5, 0.6) is 0 Å². The second-order valence-corrected chi connectivity index (χ2v) is 4.73. The molecular formula is C12H11BrN4O2. The maximum atomic E-state index is 10.7. The summed E-state index contributed by atoms with van der Waals surface area (Å²) < 4.78 is 0.446. The summed E-state index contributed by atoms with van der Waals surface area (Å²) in [5, 5.41) is 13.8. The van der Waals surface area contributed by atoms with E-state index in [2.05, 4.69) is 31.2 Å². The Balaban J connectivity index is 2.08. The van der Waals surface area contributed by atoms with Gasteiger partial charge >= 0.3 is 0 Å². The van der Waals surface area contributed by atoms with Crippen LogP contribution < -0.4 is 5.32 Å². The van der Waals surface area contributed by atoms with E-state index in [-0.39, 0.29) is 5.69 Å². The Bertz CT molecular complexity index is 618. The first-order chi connectivity index (χ1) is 9.06. The van der Waals surface area contributed by atoms with Crippen LogP contribution in [-0.4, -0.2) is 14.9 Å². The fraction of sp³-hybridized carbons (Fsp3) is 0.167. The topological polar surface area (TPSA) is 81.0 Å². The lowest BCUT2D eigenvalue weighted by molar-refractivity contribution is -0.385. The minimum absolute atomic E-state index is 0.0448. The van der Waals surface area contributed by atoms with Gasteiger partial charge in [-0.2, -0.15) is 0 Å². The van der Waals surface area contributed by atoms with Crippen molar-refractivity contribution in [3.05, 3.63) is 56.6 Å². The Morgan fingerprint density at radius 2 is 2.21 bits per heavy atom. The van der Waals surface area contributed by atoms with Gasteiger partial charge in [-0.1, -0.05) is 0 Å². The van der Waals surface area contributed by atoms with Crippen molar-refractivity contribution >= 4 is 27.3 Å². The number of rotatable bonds is 4. The monoisotopic (exact) mass is 322 g/mol. The Labute approximate surface area is 118 Å². The number of nitrogens with one attached hydrogen (secondary N) is 1. The van der Waals surface area contributed by atoms with Gasteiger partial charge in [-0.15, -0.1) is 0 Å². The SMILES string of the molecule is Cc1nccc(CNc2ccc([N+](=O)[O-])c(Br)c2)n1. The maximum absolute atomic E-state index is 10.7. The van der Waals surface area contributed by atoms with E-state index in [1.54, 1.807) is 18.3 Å². The van der Waals surface area contributed by atoms with Gasteiger partial charge in [-0.25, -0.2) is 9.97 Å². The molecular weight excluding hydrogens is 312 g/mol. The lowest BCUT2D eigenvalue weighted by Crippen LogP contribution is -2.03. The van der Waals surface area contributed by atoms with Crippen LogP contribution in [0.15, 0.2) is 34.9 Å². The third kappa shape index (κ3) is 3.47. The minimum atomic E-state index is -0.429. The van der Waals surface area contributed by atoms with Crippen molar-refractivity contribution in [1.82, 2.24) is 9.97 Å². The molecule has 0 atom stereocenters. The van der Waals surface area contributed by atoms with Gasteiger partial charge in [0, 0.05) is 18.0 Å². The molecule has 2 rings (SSSR count). The molecule has 6 nitrogen and oxygen atoms in total. The zero-order valence-corrected chi connectivity index (χ0v) is 11.7. The molecule has 0 radical (unpaired) electrons. The number of hydrogen-bond acceptors (Lipinski definition) is 5. The summed E-state index contributed by atoms with van der Waals surface area (Å²) in [4.78, 5) is 18.5. The van der Waals surface area contributed by atoms with Crippen LogP contribution in [0.3, 0.4) is 0 Å². The van der Waals surface area contributed by atoms with Gasteiger partial charge < -0.3 is 5.32 Å². The summed E-state index contributed by atoms with van der Waals surface area (Å²) in [5.74, 6) is 0.712. The zero-order valence-electron chi connectivity index (χ0n) is 10.1. The molecule has 0 saturated carbocycles. The summed E-state index contributed by atoms with van der Waals surface area (Å²) in [6, 6.07) is 6.61. The van der Waals surface area contributed by atoms with Crippen molar-refractivity contribution < 1.29 is 4.92 Å². The third-order valence-corrected chi connectivity index (χ3v) is 3.09. The van der Waals surface area contributed by atoms with E-state index in [1.807, 2.05) is 13.0 Å². The average Bonchev–Trinajstić information content (AvgIpc) is 2.36. The number of anilines is 1. The summed E-state index contributed by atoms with van der Waals surface area (Å²) in [6.07, 6.45) is 1.70. The molecule has 7 heteroatoms. The fourth-order valence-electron chi connectivity index (χ4n) is 1.56. The number of hydrogen-bond donors (Lipinski definition) is 1. The van der Waals surface area contributed by atoms with Gasteiger partial charge in [0.25, 0.3) is 5.69 Å². The second kappa shape index (κ2) is 5.75. The van der Waals surface area contributed by atoms with Crippen LogP contribution in [-0.2, 0) is 6.54 Å². The number of aromatic nitrogens is 2. The number of nitro benzene ring substituents is 1. The predicted molar refractivity (Wildman–Crippen MR) is 74.9 cm³/mol. The predicted octanol–water partition coefficient (Wildman–Crippen LogP) is 3.07. The summed E-state index contributed by atoms with van der Waals surface area (Å²) in [5.41, 5.74) is 1.69. The van der Waals surface area contributed by atoms with Crippen molar-refractivity contribution in [2.75, 3.05) is 5.32 Å². The molecule has 98 valence electrons. The maximum Gasteiger partial charge on any atom is 0.283 e. The number of nitrogens with zero attached hydrogens (tertiary/aromatic N) is 3. The van der Waals surface area contributed by atoms with Crippen molar-refractivity contribution in [1.29, 1.82) is 0 Å². The number of benzene rings is 1. The molecule has 0 unspecified atom stereocenters. The minimum Gasteiger partial charge on any atom is -0.379 e. The van der Waals surface area contributed by atoms with Crippen LogP contribution in [0.2, 0.25) is 0 Å². The highest BCUT2D eigenvalue weighted by molar-refractivity contribution is 9.10. The molecule has 1 aromatic carbocycles. The van der Waals surface area contributed by atoms with Crippen LogP contribution in [0.1, 0.15) is 11.5 Å². The molecule has 0 aliphatic carbocycles. The zero-order chi connectivity index (χ0) is 13.8. The van der Waals surface area contributed by atoms with Crippen LogP contribution in [0.25, 0.3) is 0 Å². The molecule has 0 saturated heterocycles. The van der Waals surface area contributed by atoms with E-state index < -0.39 is 4.92 Å². The largest absolute Gasteiger partial charge is 0.379 e. The molecule has 0 amide bonds. The lowest BCUT2D eigenvalue weighted by Gasteiger charge is -2.06. The molecule has 1 heterocycles. The summed E-state index contributed by atoms with van der Waals surface area (Å²) in [6.45, 7) is 2.36. The Morgan fingerprint density at radius 1 is 1.42 bits per heavy atom. The fourth-order valence-corrected chi connectivity index (χ4v) is 2.08. The molecule has 0 fully saturated rings. The smallest absolute Gasteiger partial charge is 0.283 e. The van der Waals surface area contributed by atoms with Crippen LogP contribution in [0, 0.1) is 17.0 Å². The molecule has 1 N–H and O–H groups in total. The van der Waals surface area contributed by atoms with Gasteiger partial charge in [-0.3, -0.25) is 10.1 Å². The van der Waals surface area contributed by atoms with Crippen molar-refractivity contribution in [2.24, 2.45) is 0 Å². The molecule has 1 aromatic heterocycles. The van der Waals surface area contributed by atoms with E-state index in [1.165, 1.54) is 6.07 Å². The highest BCUT2D eigenvalue weighted by Crippen LogP contribution is 2.27. The first-order valence-electron chi connectivity index (χ1n) is 5.52.